The summed E-state index contributed by atoms with van der Waals surface area (Å²) in [5, 5.41) is 2.53. The number of nitrogens with one attached hydrogen (secondary N) is 1. The van der Waals surface area contributed by atoms with E-state index in [0.717, 1.165) is 0 Å². The van der Waals surface area contributed by atoms with Gasteiger partial charge in [0, 0.05) is 25.4 Å². The molecule has 0 bridgehead atoms. The fourth-order valence-electron chi connectivity index (χ4n) is 1.27. The van der Waals surface area contributed by atoms with Gasteiger partial charge in [0.1, 0.15) is 0 Å². The Morgan fingerprint density at radius 2 is 2.00 bits per heavy atom. The van der Waals surface area contributed by atoms with Crippen LogP contribution in [0.1, 0.15) is 6.42 Å². The lowest BCUT2D eigenvalue weighted by Crippen LogP contribution is -2.45. The third-order valence-electron chi connectivity index (χ3n) is 2.12. The van der Waals surface area contributed by atoms with Crippen molar-refractivity contribution in [3.8, 4) is 0 Å². The maximum Gasteiger partial charge on any atom is 0.242 e. The standard InChI is InChI=1S/C9H15ClN2O3/c10-2-1-8(13)11-7-9(14)12-3-5-15-6-4-12/h1-7H2,(H,11,13). The van der Waals surface area contributed by atoms with E-state index >= 15 is 0 Å². The van der Waals surface area contributed by atoms with Crippen LogP contribution in [0.4, 0.5) is 0 Å². The molecule has 1 aliphatic rings. The fraction of sp³-hybridized carbons (Fsp3) is 0.778. The Bertz CT molecular complexity index is 229. The van der Waals surface area contributed by atoms with Crippen molar-refractivity contribution < 1.29 is 14.3 Å². The summed E-state index contributed by atoms with van der Waals surface area (Å²) in [4.78, 5) is 24.3. The first kappa shape index (κ1) is 12.3. The average molecular weight is 235 g/mol. The number of alkyl halides is 1. The quantitative estimate of drug-likeness (QED) is 0.673. The number of halogens is 1. The largest absolute Gasteiger partial charge is 0.378 e. The van der Waals surface area contributed by atoms with Crippen molar-refractivity contribution in [3.05, 3.63) is 0 Å². The second kappa shape index (κ2) is 6.63. The van der Waals surface area contributed by atoms with E-state index in [4.69, 9.17) is 16.3 Å². The maximum atomic E-state index is 11.5. The van der Waals surface area contributed by atoms with Crippen LogP contribution in [-0.2, 0) is 14.3 Å². The SMILES string of the molecule is O=C(CCCl)NCC(=O)N1CCOCC1. The molecule has 0 aliphatic carbocycles. The lowest BCUT2D eigenvalue weighted by molar-refractivity contribution is -0.136. The Hall–Kier alpha value is -0.810. The summed E-state index contributed by atoms with van der Waals surface area (Å²) in [5.74, 6) is 0.0187. The summed E-state index contributed by atoms with van der Waals surface area (Å²) < 4.78 is 5.12. The van der Waals surface area contributed by atoms with Gasteiger partial charge in [0.15, 0.2) is 0 Å². The van der Waals surface area contributed by atoms with Crippen molar-refractivity contribution in [3.63, 3.8) is 0 Å². The molecule has 0 saturated carbocycles. The third-order valence-corrected chi connectivity index (χ3v) is 2.31. The van der Waals surface area contributed by atoms with Gasteiger partial charge in [-0.15, -0.1) is 11.6 Å². The molecule has 1 rings (SSSR count). The second-order valence-electron chi connectivity index (χ2n) is 3.21. The maximum absolute atomic E-state index is 11.5. The first-order chi connectivity index (χ1) is 7.24. The first-order valence-electron chi connectivity index (χ1n) is 4.92. The van der Waals surface area contributed by atoms with Crippen LogP contribution in [0.2, 0.25) is 0 Å². The van der Waals surface area contributed by atoms with E-state index in [0.29, 0.717) is 26.3 Å². The van der Waals surface area contributed by atoms with Crippen LogP contribution >= 0.6 is 11.6 Å². The molecule has 1 heterocycles. The summed E-state index contributed by atoms with van der Waals surface area (Å²) in [5.41, 5.74) is 0. The molecular formula is C9H15ClN2O3. The van der Waals surface area contributed by atoms with Gasteiger partial charge in [-0.25, -0.2) is 0 Å². The van der Waals surface area contributed by atoms with Gasteiger partial charge < -0.3 is 15.0 Å². The molecule has 5 nitrogen and oxygen atoms in total. The number of nitrogens with zero attached hydrogens (tertiary/aromatic N) is 1. The molecule has 0 unspecified atom stereocenters. The molecule has 1 fully saturated rings. The molecule has 86 valence electrons. The first-order valence-corrected chi connectivity index (χ1v) is 5.45. The van der Waals surface area contributed by atoms with Gasteiger partial charge in [-0.1, -0.05) is 0 Å². The Kier molecular flexibility index (Phi) is 5.42. The summed E-state index contributed by atoms with van der Waals surface area (Å²) in [6, 6.07) is 0. The van der Waals surface area contributed by atoms with Crippen molar-refractivity contribution in [2.75, 3.05) is 38.7 Å². The van der Waals surface area contributed by atoms with Crippen molar-refractivity contribution in [2.45, 2.75) is 6.42 Å². The zero-order valence-electron chi connectivity index (χ0n) is 8.50. The van der Waals surface area contributed by atoms with Gasteiger partial charge in [-0.2, -0.15) is 0 Å². The number of ether oxygens (including phenoxy) is 1. The van der Waals surface area contributed by atoms with Gasteiger partial charge in [-0.3, -0.25) is 9.59 Å². The van der Waals surface area contributed by atoms with E-state index in [9.17, 15) is 9.59 Å². The molecule has 1 aliphatic heterocycles. The van der Waals surface area contributed by atoms with Gasteiger partial charge in [0.25, 0.3) is 0 Å². The zero-order valence-corrected chi connectivity index (χ0v) is 9.26. The molecule has 2 amide bonds. The summed E-state index contributed by atoms with van der Waals surface area (Å²) in [7, 11) is 0. The number of carbonyl (C=O) groups is 2. The molecular weight excluding hydrogens is 220 g/mol. The van der Waals surface area contributed by atoms with E-state index in [1.54, 1.807) is 4.90 Å². The number of carbonyl (C=O) groups excluding carboxylic acids is 2. The highest BCUT2D eigenvalue weighted by molar-refractivity contribution is 6.18. The molecule has 6 heteroatoms. The topological polar surface area (TPSA) is 58.6 Å². The molecule has 0 aromatic carbocycles. The highest BCUT2D eigenvalue weighted by atomic mass is 35.5. The van der Waals surface area contributed by atoms with E-state index in [1.165, 1.54) is 0 Å². The molecule has 0 aromatic rings. The van der Waals surface area contributed by atoms with Crippen LogP contribution in [0.5, 0.6) is 0 Å². The minimum Gasteiger partial charge on any atom is -0.378 e. The lowest BCUT2D eigenvalue weighted by Gasteiger charge is -2.26. The van der Waals surface area contributed by atoms with Crippen LogP contribution in [-0.4, -0.2) is 55.4 Å². The molecule has 1 saturated heterocycles. The fourth-order valence-corrected chi connectivity index (χ4v) is 1.44. The minimum absolute atomic E-state index is 0.0513. The minimum atomic E-state index is -0.188. The summed E-state index contributed by atoms with van der Waals surface area (Å²) in [6.07, 6.45) is 0.248. The van der Waals surface area contributed by atoms with Crippen LogP contribution < -0.4 is 5.32 Å². The van der Waals surface area contributed by atoms with Crippen LogP contribution in [0.25, 0.3) is 0 Å². The van der Waals surface area contributed by atoms with E-state index < -0.39 is 0 Å². The van der Waals surface area contributed by atoms with Crippen LogP contribution in [0.15, 0.2) is 0 Å². The van der Waals surface area contributed by atoms with Gasteiger partial charge >= 0.3 is 0 Å². The van der Waals surface area contributed by atoms with Crippen LogP contribution in [0, 0.1) is 0 Å². The van der Waals surface area contributed by atoms with Crippen molar-refractivity contribution in [1.82, 2.24) is 10.2 Å². The van der Waals surface area contributed by atoms with Gasteiger partial charge in [-0.05, 0) is 0 Å². The zero-order chi connectivity index (χ0) is 11.1. The van der Waals surface area contributed by atoms with Crippen molar-refractivity contribution >= 4 is 23.4 Å². The smallest absolute Gasteiger partial charge is 0.242 e. The molecule has 0 aromatic heterocycles. The number of hydrogen-bond acceptors (Lipinski definition) is 3. The molecule has 1 N–H and O–H groups in total. The number of amides is 2. The van der Waals surface area contributed by atoms with E-state index in [1.807, 2.05) is 0 Å². The Morgan fingerprint density at radius 1 is 1.33 bits per heavy atom. The Labute approximate surface area is 93.7 Å². The highest BCUT2D eigenvalue weighted by Crippen LogP contribution is 1.96. The predicted octanol–water partition coefficient (Wildman–Crippen LogP) is -0.410. The molecule has 15 heavy (non-hydrogen) atoms. The number of rotatable bonds is 4. The van der Waals surface area contributed by atoms with Crippen LogP contribution in [0.3, 0.4) is 0 Å². The molecule has 0 radical (unpaired) electrons. The monoisotopic (exact) mass is 234 g/mol. The van der Waals surface area contributed by atoms with E-state index in [2.05, 4.69) is 5.32 Å². The van der Waals surface area contributed by atoms with E-state index in [-0.39, 0.29) is 30.7 Å². The molecule has 0 spiro atoms. The predicted molar refractivity (Wildman–Crippen MR) is 55.7 cm³/mol. The molecule has 0 atom stereocenters. The highest BCUT2D eigenvalue weighted by Gasteiger charge is 2.16. The van der Waals surface area contributed by atoms with Crippen molar-refractivity contribution in [2.24, 2.45) is 0 Å². The second-order valence-corrected chi connectivity index (χ2v) is 3.59. The average Bonchev–Trinajstić information content (AvgIpc) is 2.27. The van der Waals surface area contributed by atoms with Gasteiger partial charge in [0.05, 0.1) is 19.8 Å². The third kappa shape index (κ3) is 4.48. The number of morpholine rings is 1. The number of hydrogen-bond donors (Lipinski definition) is 1. The normalized spacial score (nSPS) is 16.2. The summed E-state index contributed by atoms with van der Waals surface area (Å²) >= 11 is 5.39. The Morgan fingerprint density at radius 3 is 2.60 bits per heavy atom. The van der Waals surface area contributed by atoms with Gasteiger partial charge in [0.2, 0.25) is 11.8 Å². The Balaban J connectivity index is 2.19. The van der Waals surface area contributed by atoms with Crippen molar-refractivity contribution in [1.29, 1.82) is 0 Å². The lowest BCUT2D eigenvalue weighted by atomic mass is 10.4. The summed E-state index contributed by atoms with van der Waals surface area (Å²) in [6.45, 7) is 2.40.